The fraction of sp³-hybridized carbons (Fsp3) is 0.640. The number of aliphatic carboxylic acids is 1. The molecule has 2 amide bonds. The van der Waals surface area contributed by atoms with E-state index < -0.39 is 29.2 Å². The fourth-order valence-corrected chi connectivity index (χ4v) is 5.55. The van der Waals surface area contributed by atoms with Crippen molar-refractivity contribution in [3.8, 4) is 5.75 Å². The minimum absolute atomic E-state index is 0.127. The second-order valence-corrected chi connectivity index (χ2v) is 9.91. The number of urea groups is 1. The van der Waals surface area contributed by atoms with Crippen LogP contribution in [0.1, 0.15) is 44.1 Å². The van der Waals surface area contributed by atoms with Crippen LogP contribution in [0.3, 0.4) is 0 Å². The number of carbonyl (C=O) groups is 3. The molecule has 2 fully saturated rings. The molecule has 1 aliphatic heterocycles. The summed E-state index contributed by atoms with van der Waals surface area (Å²) in [4.78, 5) is 41.2. The minimum Gasteiger partial charge on any atom is -0.481 e. The molecule has 1 aromatic carbocycles. The number of alkyl halides is 3. The molecule has 1 N–H and O–H groups in total. The summed E-state index contributed by atoms with van der Waals surface area (Å²) in [5, 5.41) is 9.11. The molecule has 0 unspecified atom stereocenters. The van der Waals surface area contributed by atoms with Gasteiger partial charge in [0.2, 0.25) is 0 Å². The number of nitrogens with zero attached hydrogens (tertiary/aromatic N) is 3. The number of amides is 2. The van der Waals surface area contributed by atoms with Crippen LogP contribution in [-0.4, -0.2) is 96.9 Å². The average Bonchev–Trinajstić information content (AvgIpc) is 3.08. The van der Waals surface area contributed by atoms with Crippen LogP contribution in [0.25, 0.3) is 0 Å². The molecule has 12 heteroatoms. The number of hydrogen-bond donors (Lipinski definition) is 1. The van der Waals surface area contributed by atoms with Crippen LogP contribution in [0.5, 0.6) is 5.75 Å². The summed E-state index contributed by atoms with van der Waals surface area (Å²) in [5.74, 6) is -3.43. The zero-order valence-electron chi connectivity index (χ0n) is 21.3. The molecule has 1 aromatic rings. The topological polar surface area (TPSA) is 99.6 Å². The number of carbonyl (C=O) groups excluding carboxylic acids is 2. The normalized spacial score (nSPS) is 24.2. The first-order chi connectivity index (χ1) is 17.3. The summed E-state index contributed by atoms with van der Waals surface area (Å²) >= 11 is 0. The SMILES string of the molecule is COCCCN1C(=O)N(CCC(=O)O)C[C@]12CC[C@](c1cccc(OC(=O)C(F)(F)F)c1)(N(C)C)CC2. The van der Waals surface area contributed by atoms with Crippen LogP contribution in [0.2, 0.25) is 0 Å². The number of carboxylic acids is 1. The molecule has 1 saturated carbocycles. The number of ether oxygens (including phenoxy) is 2. The van der Waals surface area contributed by atoms with Crippen molar-refractivity contribution in [1.29, 1.82) is 0 Å². The van der Waals surface area contributed by atoms with Crippen molar-refractivity contribution in [2.45, 2.75) is 55.8 Å². The van der Waals surface area contributed by atoms with Crippen molar-refractivity contribution in [3.63, 3.8) is 0 Å². The van der Waals surface area contributed by atoms with Crippen LogP contribution in [0.15, 0.2) is 24.3 Å². The maximum Gasteiger partial charge on any atom is 0.491 e. The minimum atomic E-state index is -5.10. The summed E-state index contributed by atoms with van der Waals surface area (Å²) in [7, 11) is 5.37. The van der Waals surface area contributed by atoms with Gasteiger partial charge in [-0.3, -0.25) is 9.69 Å². The zero-order chi connectivity index (χ0) is 27.4. The van der Waals surface area contributed by atoms with Crippen LogP contribution in [-0.2, 0) is 19.9 Å². The third-order valence-corrected chi connectivity index (χ3v) is 7.56. The van der Waals surface area contributed by atoms with Crippen LogP contribution in [0.4, 0.5) is 18.0 Å². The fourth-order valence-electron chi connectivity index (χ4n) is 5.55. The molecule has 0 aromatic heterocycles. The van der Waals surface area contributed by atoms with Gasteiger partial charge < -0.3 is 24.4 Å². The van der Waals surface area contributed by atoms with E-state index in [0.717, 1.165) is 5.56 Å². The molecule has 3 rings (SSSR count). The van der Waals surface area contributed by atoms with E-state index in [0.29, 0.717) is 51.8 Å². The number of halogens is 3. The highest BCUT2D eigenvalue weighted by atomic mass is 19.4. The van der Waals surface area contributed by atoms with Crippen LogP contribution >= 0.6 is 0 Å². The van der Waals surface area contributed by atoms with Crippen molar-refractivity contribution in [2.24, 2.45) is 0 Å². The van der Waals surface area contributed by atoms with Gasteiger partial charge in [0.25, 0.3) is 0 Å². The van der Waals surface area contributed by atoms with Gasteiger partial charge in [-0.2, -0.15) is 13.2 Å². The average molecular weight is 530 g/mol. The summed E-state index contributed by atoms with van der Waals surface area (Å²) in [6, 6.07) is 5.97. The molecule has 1 saturated heterocycles. The van der Waals surface area contributed by atoms with Crippen molar-refractivity contribution in [1.82, 2.24) is 14.7 Å². The second kappa shape index (κ2) is 11.3. The molecule has 1 spiro atoms. The number of esters is 1. The molecule has 0 radical (unpaired) electrons. The summed E-state index contributed by atoms with van der Waals surface area (Å²) < 4.78 is 47.9. The lowest BCUT2D eigenvalue weighted by Gasteiger charge is -2.51. The van der Waals surface area contributed by atoms with Crippen molar-refractivity contribution >= 4 is 18.0 Å². The van der Waals surface area contributed by atoms with E-state index in [1.807, 2.05) is 23.9 Å². The van der Waals surface area contributed by atoms with Crippen molar-refractivity contribution in [3.05, 3.63) is 29.8 Å². The molecule has 1 heterocycles. The number of carboxylic acid groups (broad SMARTS) is 1. The van der Waals surface area contributed by atoms with Gasteiger partial charge in [-0.15, -0.1) is 0 Å². The molecule has 0 atom stereocenters. The Labute approximate surface area is 214 Å². The Bertz CT molecular complexity index is 992. The molecule has 2 aliphatic rings. The van der Waals surface area contributed by atoms with Crippen LogP contribution < -0.4 is 4.74 Å². The lowest BCUT2D eigenvalue weighted by Crippen LogP contribution is -2.55. The monoisotopic (exact) mass is 529 g/mol. The predicted molar refractivity (Wildman–Crippen MR) is 127 cm³/mol. The largest absolute Gasteiger partial charge is 0.491 e. The highest BCUT2D eigenvalue weighted by Crippen LogP contribution is 2.49. The maximum absolute atomic E-state index is 13.2. The van der Waals surface area contributed by atoms with E-state index in [-0.39, 0.29) is 24.7 Å². The van der Waals surface area contributed by atoms with Crippen molar-refractivity contribution in [2.75, 3.05) is 47.4 Å². The van der Waals surface area contributed by atoms with Gasteiger partial charge in [0.15, 0.2) is 0 Å². The maximum atomic E-state index is 13.2. The molecule has 0 bridgehead atoms. The second-order valence-electron chi connectivity index (χ2n) is 9.91. The lowest BCUT2D eigenvalue weighted by molar-refractivity contribution is -0.189. The zero-order valence-corrected chi connectivity index (χ0v) is 21.3. The number of rotatable bonds is 10. The Hall–Kier alpha value is -2.86. The Morgan fingerprint density at radius 3 is 2.38 bits per heavy atom. The molecular weight excluding hydrogens is 495 g/mol. The Morgan fingerprint density at radius 2 is 1.81 bits per heavy atom. The number of benzene rings is 1. The molecule has 9 nitrogen and oxygen atoms in total. The molecule has 1 aliphatic carbocycles. The summed E-state index contributed by atoms with van der Waals surface area (Å²) in [6.07, 6.45) is -2.18. The van der Waals surface area contributed by atoms with E-state index in [1.54, 1.807) is 24.1 Å². The number of hydrogen-bond acceptors (Lipinski definition) is 6. The Morgan fingerprint density at radius 1 is 1.14 bits per heavy atom. The van der Waals surface area contributed by atoms with Gasteiger partial charge >= 0.3 is 24.1 Å². The lowest BCUT2D eigenvalue weighted by atomic mass is 9.68. The van der Waals surface area contributed by atoms with Crippen molar-refractivity contribution < 1.29 is 42.1 Å². The quantitative estimate of drug-likeness (QED) is 0.282. The summed E-state index contributed by atoms with van der Waals surface area (Å²) in [5.41, 5.74) is -0.317. The molecule has 206 valence electrons. The molecular formula is C25H34F3N3O6. The predicted octanol–water partition coefficient (Wildman–Crippen LogP) is 3.47. The highest BCUT2D eigenvalue weighted by molar-refractivity contribution is 5.79. The third kappa shape index (κ3) is 6.18. The third-order valence-electron chi connectivity index (χ3n) is 7.56. The number of methoxy groups -OCH3 is 1. The first kappa shape index (κ1) is 28.7. The standard InChI is InChI=1S/C25H34F3N3O6/c1-29(2)24(18-6-4-7-19(16-18)37-21(34)25(26,27)28)11-9-23(10-12-24)17-30(14-8-20(32)33)22(35)31(23)13-5-15-36-3/h4,6-7,16H,5,8-15,17H2,1-3H3,(H,32,33)/t23-,24+. The molecule has 37 heavy (non-hydrogen) atoms. The summed E-state index contributed by atoms with van der Waals surface area (Å²) in [6.45, 7) is 1.51. The van der Waals surface area contributed by atoms with E-state index >= 15 is 0 Å². The van der Waals surface area contributed by atoms with Gasteiger partial charge in [-0.1, -0.05) is 12.1 Å². The first-order valence-electron chi connectivity index (χ1n) is 12.2. The van der Waals surface area contributed by atoms with E-state index in [2.05, 4.69) is 4.74 Å². The first-order valence-corrected chi connectivity index (χ1v) is 12.2. The van der Waals surface area contributed by atoms with Gasteiger partial charge in [0.05, 0.1) is 12.0 Å². The smallest absolute Gasteiger partial charge is 0.481 e. The van der Waals surface area contributed by atoms with E-state index in [9.17, 15) is 27.6 Å². The van der Waals surface area contributed by atoms with Gasteiger partial charge in [0, 0.05) is 38.9 Å². The van der Waals surface area contributed by atoms with Gasteiger partial charge in [0.1, 0.15) is 5.75 Å². The Kier molecular flexibility index (Phi) is 8.74. The van der Waals surface area contributed by atoms with E-state index in [1.165, 1.54) is 12.1 Å². The van der Waals surface area contributed by atoms with Gasteiger partial charge in [-0.05, 0) is 63.9 Å². The Balaban J connectivity index is 1.85. The van der Waals surface area contributed by atoms with E-state index in [4.69, 9.17) is 9.84 Å². The van der Waals surface area contributed by atoms with Gasteiger partial charge in [-0.25, -0.2) is 9.59 Å². The van der Waals surface area contributed by atoms with Crippen LogP contribution in [0, 0.1) is 0 Å². The highest BCUT2D eigenvalue weighted by Gasteiger charge is 2.54.